The quantitative estimate of drug-likeness (QED) is 0.751. The average molecular weight is 337 g/mol. The topological polar surface area (TPSA) is 75.6 Å². The number of hydrogen-bond acceptors (Lipinski definition) is 4. The van der Waals surface area contributed by atoms with Crippen molar-refractivity contribution in [3.05, 3.63) is 40.6 Å². The molecule has 0 aliphatic carbocycles. The predicted molar refractivity (Wildman–Crippen MR) is 82.8 cm³/mol. The maximum absolute atomic E-state index is 12.3. The van der Waals surface area contributed by atoms with Crippen molar-refractivity contribution in [3.63, 3.8) is 0 Å². The van der Waals surface area contributed by atoms with Crippen molar-refractivity contribution in [1.29, 1.82) is 0 Å². The van der Waals surface area contributed by atoms with E-state index in [4.69, 9.17) is 0 Å². The molecule has 0 saturated heterocycles. The minimum atomic E-state index is -2.49. The molecule has 3 rings (SSSR count). The zero-order valence-corrected chi connectivity index (χ0v) is 12.9. The highest BCUT2D eigenvalue weighted by atomic mass is 32.1. The number of anilines is 1. The van der Waals surface area contributed by atoms with Crippen LogP contribution in [-0.4, -0.2) is 32.1 Å². The third-order valence-corrected chi connectivity index (χ3v) is 3.82. The summed E-state index contributed by atoms with van der Waals surface area (Å²) in [5, 5.41) is 9.27. The van der Waals surface area contributed by atoms with Crippen LogP contribution < -0.4 is 5.32 Å². The van der Waals surface area contributed by atoms with Crippen molar-refractivity contribution in [2.24, 2.45) is 0 Å². The Morgan fingerprint density at radius 1 is 1.52 bits per heavy atom. The van der Waals surface area contributed by atoms with E-state index in [9.17, 15) is 13.6 Å². The Morgan fingerprint density at radius 3 is 3.04 bits per heavy atom. The van der Waals surface area contributed by atoms with Crippen molar-refractivity contribution in [1.82, 2.24) is 19.7 Å². The van der Waals surface area contributed by atoms with Gasteiger partial charge in [-0.2, -0.15) is 5.10 Å². The van der Waals surface area contributed by atoms with Crippen molar-refractivity contribution >= 4 is 23.1 Å². The molecule has 0 radical (unpaired) electrons. The monoisotopic (exact) mass is 337 g/mol. The molecule has 0 spiro atoms. The minimum Gasteiger partial charge on any atom is -0.357 e. The number of alkyl halides is 2. The van der Waals surface area contributed by atoms with Crippen LogP contribution in [-0.2, 0) is 6.54 Å². The molecule has 0 aliphatic rings. The van der Waals surface area contributed by atoms with Crippen LogP contribution in [0.15, 0.2) is 29.9 Å². The van der Waals surface area contributed by atoms with Crippen LogP contribution in [0, 0.1) is 6.92 Å². The summed E-state index contributed by atoms with van der Waals surface area (Å²) in [7, 11) is 0. The minimum absolute atomic E-state index is 0.219. The molecular weight excluding hydrogens is 324 g/mol. The van der Waals surface area contributed by atoms with Crippen molar-refractivity contribution < 1.29 is 13.6 Å². The van der Waals surface area contributed by atoms with Crippen molar-refractivity contribution in [3.8, 4) is 11.3 Å². The Hall–Kier alpha value is -2.55. The Labute approximate surface area is 134 Å². The molecule has 3 heterocycles. The Balaban J connectivity index is 1.69. The molecule has 0 fully saturated rings. The van der Waals surface area contributed by atoms with Crippen LogP contribution >= 0.6 is 11.3 Å². The van der Waals surface area contributed by atoms with Gasteiger partial charge >= 0.3 is 0 Å². The van der Waals surface area contributed by atoms with E-state index in [1.54, 1.807) is 12.3 Å². The molecule has 120 valence electrons. The Kier molecular flexibility index (Phi) is 4.20. The van der Waals surface area contributed by atoms with E-state index in [2.05, 4.69) is 20.4 Å². The second kappa shape index (κ2) is 6.29. The molecule has 2 N–H and O–H groups in total. The number of aryl methyl sites for hydroxylation is 1. The Morgan fingerprint density at radius 2 is 2.35 bits per heavy atom. The number of aromatic nitrogens is 4. The lowest BCUT2D eigenvalue weighted by Crippen LogP contribution is -2.13. The van der Waals surface area contributed by atoms with Gasteiger partial charge in [-0.3, -0.25) is 9.48 Å². The maximum atomic E-state index is 12.3. The van der Waals surface area contributed by atoms with Crippen LogP contribution in [0.4, 0.5) is 14.6 Å². The fourth-order valence-electron chi connectivity index (χ4n) is 2.02. The van der Waals surface area contributed by atoms with Crippen molar-refractivity contribution in [2.75, 3.05) is 5.32 Å². The second-order valence-corrected chi connectivity index (χ2v) is 5.88. The molecule has 0 saturated carbocycles. The number of halogens is 2. The lowest BCUT2D eigenvalue weighted by Gasteiger charge is -2.00. The number of nitrogens with one attached hydrogen (secondary N) is 2. The first kappa shape index (κ1) is 15.3. The van der Waals surface area contributed by atoms with E-state index in [0.29, 0.717) is 5.69 Å². The first-order chi connectivity index (χ1) is 11.0. The Bertz CT molecular complexity index is 823. The number of amides is 1. The zero-order chi connectivity index (χ0) is 16.4. The van der Waals surface area contributed by atoms with Crippen LogP contribution in [0.5, 0.6) is 0 Å². The number of hydrogen-bond donors (Lipinski definition) is 2. The van der Waals surface area contributed by atoms with Crippen LogP contribution in [0.3, 0.4) is 0 Å². The summed E-state index contributed by atoms with van der Waals surface area (Å²) in [5.41, 5.74) is 1.95. The van der Waals surface area contributed by atoms with Gasteiger partial charge in [-0.25, -0.2) is 13.8 Å². The summed E-state index contributed by atoms with van der Waals surface area (Å²) in [5.74, 6) is -0.179. The standard InChI is InChI=1S/C14H13F2N5OS/c1-8-18-11(7-23-8)9-4-10(17-5-9)14(22)19-13-2-3-21(20-13)6-12(15)16/h2-5,7,12,17H,6H2,1H3,(H,19,20,22). The normalized spacial score (nSPS) is 11.1. The smallest absolute Gasteiger partial charge is 0.273 e. The second-order valence-electron chi connectivity index (χ2n) is 4.82. The molecule has 0 aliphatic heterocycles. The highest BCUT2D eigenvalue weighted by Gasteiger charge is 2.13. The van der Waals surface area contributed by atoms with Gasteiger partial charge in [0.15, 0.2) is 5.82 Å². The van der Waals surface area contributed by atoms with E-state index in [1.807, 2.05) is 12.3 Å². The van der Waals surface area contributed by atoms with Gasteiger partial charge in [0.1, 0.15) is 12.2 Å². The molecular formula is C14H13F2N5OS. The summed E-state index contributed by atoms with van der Waals surface area (Å²) in [6.07, 6.45) is 0.588. The SMILES string of the molecule is Cc1nc(-c2c[nH]c(C(=O)Nc3ccn(CC(F)F)n3)c2)cs1. The van der Waals surface area contributed by atoms with Crippen LogP contribution in [0.2, 0.25) is 0 Å². The molecule has 0 aromatic carbocycles. The molecule has 0 bridgehead atoms. The third kappa shape index (κ3) is 3.62. The highest BCUT2D eigenvalue weighted by Crippen LogP contribution is 2.22. The zero-order valence-electron chi connectivity index (χ0n) is 12.1. The summed E-state index contributed by atoms with van der Waals surface area (Å²) in [4.78, 5) is 19.4. The van der Waals surface area contributed by atoms with Gasteiger partial charge in [0.2, 0.25) is 0 Å². The molecule has 9 heteroatoms. The largest absolute Gasteiger partial charge is 0.357 e. The number of carbonyl (C=O) groups is 1. The first-order valence-corrected chi connectivity index (χ1v) is 7.63. The predicted octanol–water partition coefficient (Wildman–Crippen LogP) is 3.16. The van der Waals surface area contributed by atoms with Gasteiger partial charge in [0.05, 0.1) is 10.7 Å². The number of carbonyl (C=O) groups excluding carboxylic acids is 1. The van der Waals surface area contributed by atoms with Gasteiger partial charge in [0.25, 0.3) is 12.3 Å². The fourth-order valence-corrected chi connectivity index (χ4v) is 2.65. The third-order valence-electron chi connectivity index (χ3n) is 3.05. The van der Waals surface area contributed by atoms with Gasteiger partial charge in [-0.1, -0.05) is 0 Å². The van der Waals surface area contributed by atoms with E-state index in [1.165, 1.54) is 23.6 Å². The van der Waals surface area contributed by atoms with Gasteiger partial charge in [-0.05, 0) is 13.0 Å². The van der Waals surface area contributed by atoms with Gasteiger partial charge in [0, 0.05) is 29.4 Å². The van der Waals surface area contributed by atoms with E-state index in [-0.39, 0.29) is 5.82 Å². The average Bonchev–Trinajstić information content (AvgIpc) is 3.18. The molecule has 0 unspecified atom stereocenters. The fraction of sp³-hybridized carbons (Fsp3) is 0.214. The number of aromatic amines is 1. The van der Waals surface area contributed by atoms with Crippen molar-refractivity contribution in [2.45, 2.75) is 19.9 Å². The molecule has 6 nitrogen and oxygen atoms in total. The number of H-pyrrole nitrogens is 1. The highest BCUT2D eigenvalue weighted by molar-refractivity contribution is 7.09. The molecule has 3 aromatic heterocycles. The van der Waals surface area contributed by atoms with Gasteiger partial charge < -0.3 is 10.3 Å². The van der Waals surface area contributed by atoms with Gasteiger partial charge in [-0.15, -0.1) is 11.3 Å². The summed E-state index contributed by atoms with van der Waals surface area (Å²) < 4.78 is 25.6. The van der Waals surface area contributed by atoms with Crippen LogP contribution in [0.25, 0.3) is 11.3 Å². The van der Waals surface area contributed by atoms with E-state index >= 15 is 0 Å². The van der Waals surface area contributed by atoms with E-state index in [0.717, 1.165) is 20.9 Å². The summed E-state index contributed by atoms with van der Waals surface area (Å²) in [6.45, 7) is 1.40. The molecule has 0 atom stereocenters. The number of thiazole rings is 1. The molecule has 1 amide bonds. The summed E-state index contributed by atoms with van der Waals surface area (Å²) >= 11 is 1.53. The first-order valence-electron chi connectivity index (χ1n) is 6.75. The lowest BCUT2D eigenvalue weighted by atomic mass is 10.2. The van der Waals surface area contributed by atoms with Crippen LogP contribution in [0.1, 0.15) is 15.5 Å². The van der Waals surface area contributed by atoms with E-state index < -0.39 is 18.9 Å². The molecule has 23 heavy (non-hydrogen) atoms. The molecule has 3 aromatic rings. The summed E-state index contributed by atoms with van der Waals surface area (Å²) in [6, 6.07) is 3.15. The number of nitrogens with zero attached hydrogens (tertiary/aromatic N) is 3. The number of rotatable bonds is 5. The lowest BCUT2D eigenvalue weighted by molar-refractivity contribution is 0.102. The maximum Gasteiger partial charge on any atom is 0.273 e.